The van der Waals surface area contributed by atoms with E-state index < -0.39 is 0 Å². The fraction of sp³-hybridized carbons (Fsp3) is 0.273. The highest BCUT2D eigenvalue weighted by molar-refractivity contribution is 9.10. The van der Waals surface area contributed by atoms with Crippen LogP contribution >= 0.6 is 15.9 Å². The Morgan fingerprint density at radius 2 is 1.63 bits per heavy atom. The molecule has 0 aromatic heterocycles. The van der Waals surface area contributed by atoms with Gasteiger partial charge in [-0.05, 0) is 49.6 Å². The Morgan fingerprint density at radius 3 is 2.33 bits per heavy atom. The molecule has 30 heavy (non-hydrogen) atoms. The van der Waals surface area contributed by atoms with E-state index in [1.54, 1.807) is 18.2 Å². The number of hydrogen-bond acceptors (Lipinski definition) is 4. The van der Waals surface area contributed by atoms with E-state index in [1.807, 2.05) is 32.0 Å². The minimum atomic E-state index is -0.357. The number of nitrogens with one attached hydrogen (secondary N) is 2. The quantitative estimate of drug-likeness (QED) is 0.606. The number of amides is 4. The maximum absolute atomic E-state index is 12.4. The van der Waals surface area contributed by atoms with Gasteiger partial charge in [-0.15, -0.1) is 0 Å². The molecule has 4 amide bonds. The number of imide groups is 1. The van der Waals surface area contributed by atoms with Gasteiger partial charge in [0.1, 0.15) is 0 Å². The molecule has 1 heterocycles. The fourth-order valence-electron chi connectivity index (χ4n) is 3.33. The highest BCUT2D eigenvalue weighted by Crippen LogP contribution is 2.26. The van der Waals surface area contributed by atoms with Crippen molar-refractivity contribution in [3.63, 3.8) is 0 Å². The van der Waals surface area contributed by atoms with Crippen LogP contribution in [0.5, 0.6) is 0 Å². The lowest BCUT2D eigenvalue weighted by Crippen LogP contribution is -2.34. The fourth-order valence-corrected chi connectivity index (χ4v) is 3.69. The molecule has 8 heteroatoms. The van der Waals surface area contributed by atoms with Gasteiger partial charge in [0.15, 0.2) is 0 Å². The number of carbonyl (C=O) groups excluding carboxylic acids is 4. The molecular formula is C22H22BrN3O4. The van der Waals surface area contributed by atoms with Crippen molar-refractivity contribution in [3.05, 3.63) is 63.1 Å². The van der Waals surface area contributed by atoms with Crippen LogP contribution in [0.4, 0.5) is 5.69 Å². The molecule has 0 unspecified atom stereocenters. The number of hydrogen-bond donors (Lipinski definition) is 2. The molecule has 1 aliphatic heterocycles. The lowest BCUT2D eigenvalue weighted by molar-refractivity contribution is -0.124. The second-order valence-corrected chi connectivity index (χ2v) is 8.06. The standard InChI is InChI=1S/C22H22BrN3O4/c1-13-5-3-6-14(2)20(13)25-19(28)12-24-18(27)7-4-10-26-21(29)16-9-8-15(23)11-17(16)22(26)30/h3,5-6,8-9,11H,4,7,10,12H2,1-2H3,(H,24,27)(H,25,28). The third kappa shape index (κ3) is 4.76. The summed E-state index contributed by atoms with van der Waals surface area (Å²) in [5, 5.41) is 5.37. The van der Waals surface area contributed by atoms with E-state index in [0.717, 1.165) is 26.2 Å². The van der Waals surface area contributed by atoms with E-state index in [-0.39, 0.29) is 43.1 Å². The molecule has 0 atom stereocenters. The van der Waals surface area contributed by atoms with Crippen LogP contribution in [-0.4, -0.2) is 41.6 Å². The first-order valence-electron chi connectivity index (χ1n) is 9.56. The summed E-state index contributed by atoms with van der Waals surface area (Å²) in [6, 6.07) is 10.7. The first-order chi connectivity index (χ1) is 14.3. The number of nitrogens with zero attached hydrogens (tertiary/aromatic N) is 1. The first-order valence-corrected chi connectivity index (χ1v) is 10.4. The van der Waals surface area contributed by atoms with Crippen LogP contribution < -0.4 is 10.6 Å². The third-order valence-electron chi connectivity index (χ3n) is 4.91. The van der Waals surface area contributed by atoms with Gasteiger partial charge in [-0.25, -0.2) is 0 Å². The summed E-state index contributed by atoms with van der Waals surface area (Å²) in [7, 11) is 0. The molecule has 156 valence electrons. The van der Waals surface area contributed by atoms with Crippen LogP contribution in [-0.2, 0) is 9.59 Å². The second kappa shape index (κ2) is 9.21. The second-order valence-electron chi connectivity index (χ2n) is 7.15. The van der Waals surface area contributed by atoms with Crippen LogP contribution in [0, 0.1) is 13.8 Å². The lowest BCUT2D eigenvalue weighted by atomic mass is 10.1. The van der Waals surface area contributed by atoms with Crippen LogP contribution in [0.25, 0.3) is 0 Å². The van der Waals surface area contributed by atoms with Crippen molar-refractivity contribution < 1.29 is 19.2 Å². The summed E-state index contributed by atoms with van der Waals surface area (Å²) in [5.41, 5.74) is 3.37. The maximum atomic E-state index is 12.4. The number of rotatable bonds is 7. The van der Waals surface area contributed by atoms with Crippen LogP contribution in [0.2, 0.25) is 0 Å². The minimum absolute atomic E-state index is 0.105. The normalized spacial score (nSPS) is 12.7. The average Bonchev–Trinajstić information content (AvgIpc) is 2.93. The zero-order valence-corrected chi connectivity index (χ0v) is 18.3. The molecule has 0 radical (unpaired) electrons. The molecular weight excluding hydrogens is 450 g/mol. The Kier molecular flexibility index (Phi) is 6.66. The van der Waals surface area contributed by atoms with Crippen molar-refractivity contribution in [1.29, 1.82) is 0 Å². The van der Waals surface area contributed by atoms with E-state index in [2.05, 4.69) is 26.6 Å². The molecule has 0 saturated heterocycles. The van der Waals surface area contributed by atoms with E-state index in [4.69, 9.17) is 0 Å². The SMILES string of the molecule is Cc1cccc(C)c1NC(=O)CNC(=O)CCCN1C(=O)c2ccc(Br)cc2C1=O. The molecule has 0 saturated carbocycles. The highest BCUT2D eigenvalue weighted by Gasteiger charge is 2.35. The first kappa shape index (κ1) is 21.7. The molecule has 0 fully saturated rings. The van der Waals surface area contributed by atoms with Crippen molar-refractivity contribution in [3.8, 4) is 0 Å². The number of carbonyl (C=O) groups is 4. The van der Waals surface area contributed by atoms with Gasteiger partial charge < -0.3 is 10.6 Å². The zero-order valence-electron chi connectivity index (χ0n) is 16.8. The van der Waals surface area contributed by atoms with Crippen LogP contribution in [0.1, 0.15) is 44.7 Å². The Hall–Kier alpha value is -3.00. The molecule has 0 bridgehead atoms. The molecule has 0 aliphatic carbocycles. The van der Waals surface area contributed by atoms with Gasteiger partial charge in [-0.3, -0.25) is 24.1 Å². The summed E-state index contributed by atoms with van der Waals surface area (Å²) in [5.74, 6) is -1.33. The summed E-state index contributed by atoms with van der Waals surface area (Å²) < 4.78 is 0.725. The van der Waals surface area contributed by atoms with Gasteiger partial charge >= 0.3 is 0 Å². The van der Waals surface area contributed by atoms with Crippen LogP contribution in [0.3, 0.4) is 0 Å². The highest BCUT2D eigenvalue weighted by atomic mass is 79.9. The number of para-hydroxylation sites is 1. The number of anilines is 1. The summed E-state index contributed by atoms with van der Waals surface area (Å²) in [6.07, 6.45) is 0.421. The molecule has 2 aromatic carbocycles. The van der Waals surface area contributed by atoms with Gasteiger partial charge in [-0.1, -0.05) is 34.1 Å². The molecule has 3 rings (SSSR count). The summed E-state index contributed by atoms with van der Waals surface area (Å²) in [6.45, 7) is 3.80. The Labute approximate surface area is 183 Å². The lowest BCUT2D eigenvalue weighted by Gasteiger charge is -2.14. The number of fused-ring (bicyclic) bond motifs is 1. The van der Waals surface area contributed by atoms with Crippen LogP contribution in [0.15, 0.2) is 40.9 Å². The van der Waals surface area contributed by atoms with E-state index >= 15 is 0 Å². The van der Waals surface area contributed by atoms with Gasteiger partial charge in [0.25, 0.3) is 11.8 Å². The van der Waals surface area contributed by atoms with Crippen molar-refractivity contribution in [2.24, 2.45) is 0 Å². The number of aryl methyl sites for hydroxylation is 2. The predicted octanol–water partition coefficient (Wildman–Crippen LogP) is 3.20. The van der Waals surface area contributed by atoms with E-state index in [0.29, 0.717) is 17.5 Å². The van der Waals surface area contributed by atoms with Crippen molar-refractivity contribution in [2.75, 3.05) is 18.4 Å². The van der Waals surface area contributed by atoms with Gasteiger partial charge in [0.05, 0.1) is 17.7 Å². The topological polar surface area (TPSA) is 95.6 Å². The van der Waals surface area contributed by atoms with Gasteiger partial charge in [-0.2, -0.15) is 0 Å². The zero-order chi connectivity index (χ0) is 21.8. The maximum Gasteiger partial charge on any atom is 0.261 e. The number of benzene rings is 2. The summed E-state index contributed by atoms with van der Waals surface area (Å²) >= 11 is 3.29. The van der Waals surface area contributed by atoms with Gasteiger partial charge in [0, 0.05) is 23.1 Å². The third-order valence-corrected chi connectivity index (χ3v) is 5.40. The Bertz CT molecular complexity index is 1010. The van der Waals surface area contributed by atoms with Crippen molar-refractivity contribution >= 4 is 45.2 Å². The molecule has 2 aromatic rings. The molecule has 0 spiro atoms. The molecule has 1 aliphatic rings. The average molecular weight is 472 g/mol. The van der Waals surface area contributed by atoms with Crippen molar-refractivity contribution in [2.45, 2.75) is 26.7 Å². The monoisotopic (exact) mass is 471 g/mol. The minimum Gasteiger partial charge on any atom is -0.347 e. The van der Waals surface area contributed by atoms with E-state index in [9.17, 15) is 19.2 Å². The summed E-state index contributed by atoms with van der Waals surface area (Å²) in [4.78, 5) is 50.1. The Morgan fingerprint density at radius 1 is 0.967 bits per heavy atom. The number of halogens is 1. The largest absolute Gasteiger partial charge is 0.347 e. The van der Waals surface area contributed by atoms with Gasteiger partial charge in [0.2, 0.25) is 11.8 Å². The molecule has 7 nitrogen and oxygen atoms in total. The van der Waals surface area contributed by atoms with Crippen molar-refractivity contribution in [1.82, 2.24) is 10.2 Å². The Balaban J connectivity index is 1.44. The van der Waals surface area contributed by atoms with E-state index in [1.165, 1.54) is 0 Å². The predicted molar refractivity (Wildman–Crippen MR) is 116 cm³/mol. The smallest absolute Gasteiger partial charge is 0.261 e. The molecule has 2 N–H and O–H groups in total.